The first-order valence-electron chi connectivity index (χ1n) is 5.27. The van der Waals surface area contributed by atoms with Gasteiger partial charge in [-0.15, -0.1) is 0 Å². The SMILES string of the molecule is COc1cc(Oc2ccc(F)c(Cl)c2)c(F)cc1N. The molecule has 6 heteroatoms. The second kappa shape index (κ2) is 5.32. The summed E-state index contributed by atoms with van der Waals surface area (Å²) in [6.45, 7) is 0. The molecular formula is C13H10ClF2NO2. The Bertz CT molecular complexity index is 620. The van der Waals surface area contributed by atoms with Gasteiger partial charge in [-0.2, -0.15) is 0 Å². The summed E-state index contributed by atoms with van der Waals surface area (Å²) in [5.74, 6) is -0.835. The van der Waals surface area contributed by atoms with Crippen molar-refractivity contribution in [1.29, 1.82) is 0 Å². The number of nitrogens with two attached hydrogens (primary N) is 1. The molecule has 0 amide bonds. The quantitative estimate of drug-likeness (QED) is 0.867. The van der Waals surface area contributed by atoms with Crippen molar-refractivity contribution in [3.8, 4) is 17.2 Å². The number of ether oxygens (including phenoxy) is 2. The summed E-state index contributed by atoms with van der Waals surface area (Å²) in [6, 6.07) is 6.11. The molecule has 0 heterocycles. The minimum Gasteiger partial charge on any atom is -0.494 e. The predicted molar refractivity (Wildman–Crippen MR) is 68.8 cm³/mol. The van der Waals surface area contributed by atoms with E-state index in [2.05, 4.69) is 0 Å². The van der Waals surface area contributed by atoms with Gasteiger partial charge < -0.3 is 15.2 Å². The number of methoxy groups -OCH3 is 1. The highest BCUT2D eigenvalue weighted by molar-refractivity contribution is 6.30. The highest BCUT2D eigenvalue weighted by atomic mass is 35.5. The molecule has 100 valence electrons. The molecule has 2 rings (SSSR count). The van der Waals surface area contributed by atoms with E-state index in [1.54, 1.807) is 0 Å². The van der Waals surface area contributed by atoms with Crippen molar-refractivity contribution >= 4 is 17.3 Å². The summed E-state index contributed by atoms with van der Waals surface area (Å²) in [6.07, 6.45) is 0. The van der Waals surface area contributed by atoms with Gasteiger partial charge in [0.2, 0.25) is 0 Å². The van der Waals surface area contributed by atoms with E-state index in [4.69, 9.17) is 26.8 Å². The fourth-order valence-electron chi connectivity index (χ4n) is 1.47. The molecule has 0 saturated heterocycles. The number of benzene rings is 2. The summed E-state index contributed by atoms with van der Waals surface area (Å²) in [4.78, 5) is 0. The summed E-state index contributed by atoms with van der Waals surface area (Å²) in [5.41, 5.74) is 5.70. The standard InChI is InChI=1S/C13H10ClF2NO2/c1-18-13-6-12(10(16)5-11(13)17)19-7-2-3-9(15)8(14)4-7/h2-6H,17H2,1H3. The van der Waals surface area contributed by atoms with Gasteiger partial charge in [0.25, 0.3) is 0 Å². The van der Waals surface area contributed by atoms with Crippen LogP contribution in [0.1, 0.15) is 0 Å². The molecule has 0 fully saturated rings. The first kappa shape index (κ1) is 13.4. The maximum absolute atomic E-state index is 13.7. The number of hydrogen-bond acceptors (Lipinski definition) is 3. The van der Waals surface area contributed by atoms with Gasteiger partial charge in [-0.1, -0.05) is 11.6 Å². The van der Waals surface area contributed by atoms with Gasteiger partial charge in [0.15, 0.2) is 11.6 Å². The van der Waals surface area contributed by atoms with Crippen molar-refractivity contribution in [3.05, 3.63) is 47.0 Å². The van der Waals surface area contributed by atoms with Crippen molar-refractivity contribution in [2.24, 2.45) is 0 Å². The fraction of sp³-hybridized carbons (Fsp3) is 0.0769. The molecule has 0 aliphatic rings. The predicted octanol–water partition coefficient (Wildman–Crippen LogP) is 4.00. The summed E-state index contributed by atoms with van der Waals surface area (Å²) < 4.78 is 36.9. The molecule has 2 aromatic rings. The average molecular weight is 286 g/mol. The third-order valence-corrected chi connectivity index (χ3v) is 2.69. The van der Waals surface area contributed by atoms with Crippen LogP contribution in [-0.2, 0) is 0 Å². The molecule has 0 aliphatic heterocycles. The minimum atomic E-state index is -0.654. The molecular weight excluding hydrogens is 276 g/mol. The lowest BCUT2D eigenvalue weighted by Crippen LogP contribution is -1.96. The van der Waals surface area contributed by atoms with Crippen LogP contribution in [-0.4, -0.2) is 7.11 Å². The van der Waals surface area contributed by atoms with E-state index < -0.39 is 11.6 Å². The number of anilines is 1. The molecule has 3 nitrogen and oxygen atoms in total. The Labute approximate surface area is 113 Å². The fourth-order valence-corrected chi connectivity index (χ4v) is 1.64. The van der Waals surface area contributed by atoms with Crippen molar-refractivity contribution in [2.75, 3.05) is 12.8 Å². The van der Waals surface area contributed by atoms with Crippen LogP contribution < -0.4 is 15.2 Å². The maximum Gasteiger partial charge on any atom is 0.168 e. The molecule has 0 bridgehead atoms. The maximum atomic E-state index is 13.7. The van der Waals surface area contributed by atoms with Crippen molar-refractivity contribution < 1.29 is 18.3 Å². The van der Waals surface area contributed by atoms with E-state index in [9.17, 15) is 8.78 Å². The lowest BCUT2D eigenvalue weighted by atomic mass is 10.2. The Morgan fingerprint density at radius 1 is 1.05 bits per heavy atom. The Balaban J connectivity index is 2.34. The molecule has 0 unspecified atom stereocenters. The molecule has 19 heavy (non-hydrogen) atoms. The first-order chi connectivity index (χ1) is 9.01. The Kier molecular flexibility index (Phi) is 3.76. The van der Waals surface area contributed by atoms with Gasteiger partial charge in [-0.05, 0) is 12.1 Å². The van der Waals surface area contributed by atoms with Gasteiger partial charge >= 0.3 is 0 Å². The van der Waals surface area contributed by atoms with Crippen LogP contribution in [0, 0.1) is 11.6 Å². The number of halogens is 3. The average Bonchev–Trinajstić information content (AvgIpc) is 2.37. The number of nitrogen functional groups attached to an aromatic ring is 1. The first-order valence-corrected chi connectivity index (χ1v) is 5.65. The van der Waals surface area contributed by atoms with E-state index in [-0.39, 0.29) is 28.0 Å². The van der Waals surface area contributed by atoms with E-state index in [1.807, 2.05) is 0 Å². The molecule has 0 aromatic heterocycles. The van der Waals surface area contributed by atoms with Crippen molar-refractivity contribution in [1.82, 2.24) is 0 Å². The van der Waals surface area contributed by atoms with Crippen LogP contribution in [0.3, 0.4) is 0 Å². The van der Waals surface area contributed by atoms with Gasteiger partial charge in [0.05, 0.1) is 17.8 Å². The van der Waals surface area contributed by atoms with Crippen LogP contribution >= 0.6 is 11.6 Å². The third kappa shape index (κ3) is 2.88. The van der Waals surface area contributed by atoms with Gasteiger partial charge in [0, 0.05) is 18.2 Å². The van der Waals surface area contributed by atoms with Crippen LogP contribution in [0.25, 0.3) is 0 Å². The molecule has 2 N–H and O–H groups in total. The van der Waals surface area contributed by atoms with E-state index in [0.717, 1.165) is 12.1 Å². The Morgan fingerprint density at radius 2 is 1.79 bits per heavy atom. The van der Waals surface area contributed by atoms with Gasteiger partial charge in [-0.25, -0.2) is 8.78 Å². The largest absolute Gasteiger partial charge is 0.494 e. The smallest absolute Gasteiger partial charge is 0.168 e. The van der Waals surface area contributed by atoms with Gasteiger partial charge in [0.1, 0.15) is 17.3 Å². The number of rotatable bonds is 3. The Morgan fingerprint density at radius 3 is 2.42 bits per heavy atom. The number of hydrogen-bond donors (Lipinski definition) is 1. The monoisotopic (exact) mass is 285 g/mol. The molecule has 0 radical (unpaired) electrons. The molecule has 0 saturated carbocycles. The van der Waals surface area contributed by atoms with Gasteiger partial charge in [-0.3, -0.25) is 0 Å². The summed E-state index contributed by atoms with van der Waals surface area (Å²) in [7, 11) is 1.40. The van der Waals surface area contributed by atoms with E-state index in [1.165, 1.54) is 25.3 Å². The molecule has 2 aromatic carbocycles. The molecule has 0 atom stereocenters. The third-order valence-electron chi connectivity index (χ3n) is 2.40. The minimum absolute atomic E-state index is 0.0891. The lowest BCUT2D eigenvalue weighted by Gasteiger charge is -2.10. The summed E-state index contributed by atoms with van der Waals surface area (Å²) in [5, 5.41) is -0.111. The second-order valence-electron chi connectivity index (χ2n) is 3.70. The zero-order valence-electron chi connectivity index (χ0n) is 9.91. The van der Waals surface area contributed by atoms with Crippen molar-refractivity contribution in [2.45, 2.75) is 0 Å². The van der Waals surface area contributed by atoms with E-state index in [0.29, 0.717) is 0 Å². The zero-order chi connectivity index (χ0) is 14.0. The molecule has 0 spiro atoms. The van der Waals surface area contributed by atoms with Crippen LogP contribution in [0.5, 0.6) is 17.2 Å². The second-order valence-corrected chi connectivity index (χ2v) is 4.11. The van der Waals surface area contributed by atoms with Crippen LogP contribution in [0.4, 0.5) is 14.5 Å². The summed E-state index contributed by atoms with van der Waals surface area (Å²) >= 11 is 5.61. The highest BCUT2D eigenvalue weighted by Crippen LogP contribution is 2.33. The van der Waals surface area contributed by atoms with Crippen LogP contribution in [0.2, 0.25) is 5.02 Å². The Hall–Kier alpha value is -2.01. The highest BCUT2D eigenvalue weighted by Gasteiger charge is 2.11. The lowest BCUT2D eigenvalue weighted by molar-refractivity contribution is 0.403. The van der Waals surface area contributed by atoms with E-state index >= 15 is 0 Å². The molecule has 0 aliphatic carbocycles. The van der Waals surface area contributed by atoms with Crippen molar-refractivity contribution in [3.63, 3.8) is 0 Å². The normalized spacial score (nSPS) is 10.3. The topological polar surface area (TPSA) is 44.5 Å². The van der Waals surface area contributed by atoms with Crippen LogP contribution in [0.15, 0.2) is 30.3 Å². The zero-order valence-corrected chi connectivity index (χ0v) is 10.7.